The third kappa shape index (κ3) is 3.06. The number of aliphatic carboxylic acids is 1. The van der Waals surface area contributed by atoms with Gasteiger partial charge in [-0.1, -0.05) is 38.5 Å². The van der Waals surface area contributed by atoms with Gasteiger partial charge in [-0.2, -0.15) is 0 Å². The highest BCUT2D eigenvalue weighted by Crippen LogP contribution is 1.95. The molecule has 1 N–H and O–H groups in total. The zero-order valence-corrected chi connectivity index (χ0v) is 7.05. The van der Waals surface area contributed by atoms with Crippen molar-refractivity contribution in [2.45, 2.75) is 0 Å². The predicted octanol–water partition coefficient (Wildman–Crippen LogP) is 0.610. The first kappa shape index (κ1) is 8.09. The van der Waals surface area contributed by atoms with Crippen molar-refractivity contribution >= 4 is 25.3 Å². The van der Waals surface area contributed by atoms with Gasteiger partial charge in [0.1, 0.15) is 0 Å². The first-order valence-corrected chi connectivity index (χ1v) is 4.49. The Morgan fingerprint density at radius 2 is 2.00 bits per heavy atom. The second-order valence-corrected chi connectivity index (χ2v) is 3.42. The van der Waals surface area contributed by atoms with Crippen molar-refractivity contribution < 1.29 is 9.90 Å². The monoisotopic (exact) mass is 168 g/mol. The zero-order chi connectivity index (χ0) is 8.10. The van der Waals surface area contributed by atoms with Gasteiger partial charge in [-0.3, -0.25) is 0 Å². The number of rotatable bonds is 2. The molecule has 0 spiro atoms. The molecular formula is C8H9O2P. The van der Waals surface area contributed by atoms with Crippen LogP contribution in [-0.4, -0.2) is 16.9 Å². The van der Waals surface area contributed by atoms with E-state index in [0.29, 0.717) is 0 Å². The van der Waals surface area contributed by atoms with Crippen LogP contribution < -0.4 is 5.30 Å². The standard InChI is InChI=1S/C8H9O2P/c9-8(10)6-11-7-4-2-1-3-5-7/h1-6H,11H2,(H,9,10). The lowest BCUT2D eigenvalue weighted by molar-refractivity contribution is -0.128. The van der Waals surface area contributed by atoms with Crippen LogP contribution >= 0.6 is 8.20 Å². The number of carboxylic acid groups (broad SMARTS) is 1. The van der Waals surface area contributed by atoms with Gasteiger partial charge in [0.15, 0.2) is 0 Å². The lowest BCUT2D eigenvalue weighted by atomic mass is 10.4. The molecule has 1 rings (SSSR count). The molecule has 2 nitrogen and oxygen atoms in total. The van der Waals surface area contributed by atoms with E-state index in [1.807, 2.05) is 30.3 Å². The fourth-order valence-electron chi connectivity index (χ4n) is 0.732. The second-order valence-electron chi connectivity index (χ2n) is 2.08. The molecular weight excluding hydrogens is 159 g/mol. The van der Waals surface area contributed by atoms with Crippen LogP contribution in [0.4, 0.5) is 0 Å². The molecule has 0 saturated heterocycles. The van der Waals surface area contributed by atoms with E-state index >= 15 is 0 Å². The number of hydrogen-bond donors (Lipinski definition) is 1. The quantitative estimate of drug-likeness (QED) is 0.657. The molecule has 1 atom stereocenters. The first-order chi connectivity index (χ1) is 5.29. The van der Waals surface area contributed by atoms with Gasteiger partial charge in [-0.15, -0.1) is 0 Å². The molecule has 0 amide bonds. The van der Waals surface area contributed by atoms with Crippen molar-refractivity contribution in [3.8, 4) is 0 Å². The van der Waals surface area contributed by atoms with Crippen LogP contribution in [0.2, 0.25) is 0 Å². The molecule has 3 heteroatoms. The molecule has 58 valence electrons. The van der Waals surface area contributed by atoms with Crippen molar-refractivity contribution in [1.29, 1.82) is 0 Å². The molecule has 11 heavy (non-hydrogen) atoms. The maximum absolute atomic E-state index is 10.1. The van der Waals surface area contributed by atoms with E-state index in [-0.39, 0.29) is 8.20 Å². The molecule has 1 aromatic carbocycles. The second kappa shape index (κ2) is 3.99. The third-order valence-electron chi connectivity index (χ3n) is 1.22. The lowest BCUT2D eigenvalue weighted by Gasteiger charge is -1.88. The fraction of sp³-hybridized carbons (Fsp3) is 0. The van der Waals surface area contributed by atoms with Gasteiger partial charge in [-0.05, 0) is 5.30 Å². The molecule has 0 aliphatic heterocycles. The number of hydrogen-bond acceptors (Lipinski definition) is 1. The van der Waals surface area contributed by atoms with Crippen LogP contribution in [0.3, 0.4) is 0 Å². The van der Waals surface area contributed by atoms with Crippen molar-refractivity contribution in [3.63, 3.8) is 0 Å². The molecule has 0 aliphatic rings. The Kier molecular flexibility index (Phi) is 2.94. The molecule has 0 radical (unpaired) electrons. The van der Waals surface area contributed by atoms with E-state index in [1.165, 1.54) is 5.80 Å². The van der Waals surface area contributed by atoms with Gasteiger partial charge in [-0.25, -0.2) is 4.79 Å². The van der Waals surface area contributed by atoms with Gasteiger partial charge in [0.05, 0.1) is 0 Å². The molecule has 0 aromatic heterocycles. The summed E-state index contributed by atoms with van der Waals surface area (Å²) in [5, 5.41) is 9.45. The minimum absolute atomic E-state index is 0.212. The summed E-state index contributed by atoms with van der Waals surface area (Å²) in [7, 11) is -0.212. The minimum Gasteiger partial charge on any atom is -0.478 e. The number of benzene rings is 1. The highest BCUT2D eigenvalue weighted by atomic mass is 31.1. The minimum atomic E-state index is -0.830. The highest BCUT2D eigenvalue weighted by Gasteiger charge is 1.85. The Morgan fingerprint density at radius 3 is 2.55 bits per heavy atom. The van der Waals surface area contributed by atoms with E-state index in [2.05, 4.69) is 0 Å². The summed E-state index contributed by atoms with van der Waals surface area (Å²) in [6.45, 7) is 0. The Balaban J connectivity index is 2.72. The van der Waals surface area contributed by atoms with Gasteiger partial charge in [0, 0.05) is 5.80 Å². The Hall–Kier alpha value is -1.01. The van der Waals surface area contributed by atoms with E-state index in [9.17, 15) is 4.79 Å². The van der Waals surface area contributed by atoms with Crippen LogP contribution in [0.1, 0.15) is 0 Å². The van der Waals surface area contributed by atoms with E-state index in [4.69, 9.17) is 5.11 Å². The number of carbonyl (C=O) groups is 1. The lowest BCUT2D eigenvalue weighted by Crippen LogP contribution is -1.95. The summed E-state index contributed by atoms with van der Waals surface area (Å²) in [6.07, 6.45) is 0. The molecule has 1 aromatic rings. The van der Waals surface area contributed by atoms with Crippen LogP contribution in [0, 0.1) is 0 Å². The Labute approximate surface area is 66.3 Å². The van der Waals surface area contributed by atoms with Gasteiger partial charge < -0.3 is 5.11 Å². The Bertz CT molecular complexity index is 267. The number of carboxylic acids is 1. The average Bonchev–Trinajstić information content (AvgIpc) is 2.03. The summed E-state index contributed by atoms with van der Waals surface area (Å²) in [5.41, 5.74) is 0. The zero-order valence-electron chi connectivity index (χ0n) is 5.90. The van der Waals surface area contributed by atoms with E-state index in [1.54, 1.807) is 0 Å². The van der Waals surface area contributed by atoms with E-state index in [0.717, 1.165) is 5.30 Å². The normalized spacial score (nSPS) is 10.9. The molecule has 1 unspecified atom stereocenters. The Morgan fingerprint density at radius 1 is 1.36 bits per heavy atom. The van der Waals surface area contributed by atoms with Crippen LogP contribution in [0.15, 0.2) is 30.3 Å². The highest BCUT2D eigenvalue weighted by molar-refractivity contribution is 7.49. The van der Waals surface area contributed by atoms with Gasteiger partial charge >= 0.3 is 5.97 Å². The van der Waals surface area contributed by atoms with E-state index < -0.39 is 5.97 Å². The molecule has 0 fully saturated rings. The van der Waals surface area contributed by atoms with Crippen LogP contribution in [0.5, 0.6) is 0 Å². The summed E-state index contributed by atoms with van der Waals surface area (Å²) in [4.78, 5) is 10.1. The third-order valence-corrected chi connectivity index (χ3v) is 2.44. The topological polar surface area (TPSA) is 37.3 Å². The van der Waals surface area contributed by atoms with Gasteiger partial charge in [0.25, 0.3) is 0 Å². The van der Waals surface area contributed by atoms with Crippen LogP contribution in [-0.2, 0) is 4.79 Å². The summed E-state index contributed by atoms with van der Waals surface area (Å²) >= 11 is 0. The van der Waals surface area contributed by atoms with Gasteiger partial charge in [0.2, 0.25) is 0 Å². The average molecular weight is 168 g/mol. The van der Waals surface area contributed by atoms with Crippen molar-refractivity contribution in [3.05, 3.63) is 30.3 Å². The smallest absolute Gasteiger partial charge is 0.328 e. The molecule has 0 bridgehead atoms. The van der Waals surface area contributed by atoms with Crippen molar-refractivity contribution in [2.75, 3.05) is 0 Å². The summed E-state index contributed by atoms with van der Waals surface area (Å²) in [6, 6.07) is 9.63. The molecule has 0 saturated carbocycles. The predicted molar refractivity (Wildman–Crippen MR) is 49.5 cm³/mol. The maximum atomic E-state index is 10.1. The summed E-state index contributed by atoms with van der Waals surface area (Å²) in [5.74, 6) is 0.499. The fourth-order valence-corrected chi connectivity index (χ4v) is 1.51. The maximum Gasteiger partial charge on any atom is 0.328 e. The largest absolute Gasteiger partial charge is 0.478 e. The van der Waals surface area contributed by atoms with Crippen LogP contribution in [0.25, 0.3) is 0 Å². The van der Waals surface area contributed by atoms with Crippen molar-refractivity contribution in [1.82, 2.24) is 0 Å². The summed E-state index contributed by atoms with van der Waals surface area (Å²) < 4.78 is 0. The first-order valence-electron chi connectivity index (χ1n) is 3.25. The molecule has 0 aliphatic carbocycles. The SMILES string of the molecule is O=C(O)/C=[PH2]/c1ccccc1. The van der Waals surface area contributed by atoms with Crippen molar-refractivity contribution in [2.24, 2.45) is 0 Å². The molecule has 0 heterocycles.